The molecule has 2 aromatic carbocycles. The molecular weight excluding hydrogens is 328 g/mol. The van der Waals surface area contributed by atoms with Crippen molar-refractivity contribution < 1.29 is 14.0 Å². The Balaban J connectivity index is 2.44. The zero-order valence-corrected chi connectivity index (χ0v) is 11.9. The molecule has 7 heteroatoms. The first kappa shape index (κ1) is 13.5. The van der Waals surface area contributed by atoms with Crippen molar-refractivity contribution in [1.82, 2.24) is 5.16 Å². The van der Waals surface area contributed by atoms with Gasteiger partial charge in [-0.2, -0.15) is 0 Å². The van der Waals surface area contributed by atoms with Gasteiger partial charge >= 0.3 is 0 Å². The predicted octanol–water partition coefficient (Wildman–Crippen LogP) is 5.74. The third kappa shape index (κ3) is 1.84. The summed E-state index contributed by atoms with van der Waals surface area (Å²) in [7, 11) is 0. The molecule has 3 rings (SSSR count). The molecule has 0 unspecified atom stereocenters. The van der Waals surface area contributed by atoms with Crippen LogP contribution in [0.2, 0.25) is 15.1 Å². The molecule has 1 aromatic heterocycles. The Morgan fingerprint density at radius 1 is 1.05 bits per heavy atom. The fourth-order valence-corrected chi connectivity index (χ4v) is 2.61. The van der Waals surface area contributed by atoms with Gasteiger partial charge in [0, 0.05) is 5.56 Å². The summed E-state index contributed by atoms with van der Waals surface area (Å²) in [6.45, 7) is 0. The van der Waals surface area contributed by atoms with Crippen molar-refractivity contribution in [3.63, 3.8) is 0 Å². The molecule has 0 bridgehead atoms. The smallest absolute Gasteiger partial charge is 0.221 e. The van der Waals surface area contributed by atoms with Crippen LogP contribution in [-0.4, -0.2) is 5.16 Å². The second kappa shape index (κ2) is 4.81. The minimum atomic E-state index is -0.651. The van der Waals surface area contributed by atoms with Crippen molar-refractivity contribution in [2.24, 2.45) is 0 Å². The molecule has 0 fully saturated rings. The van der Waals surface area contributed by atoms with Crippen molar-refractivity contribution in [3.05, 3.63) is 45.2 Å². The Hall–Kier alpha value is -1.49. The van der Waals surface area contributed by atoms with Gasteiger partial charge in [0.1, 0.15) is 21.6 Å². The number of aromatic nitrogens is 1. The highest BCUT2D eigenvalue weighted by Gasteiger charge is 2.25. The molecule has 0 saturated heterocycles. The maximum Gasteiger partial charge on any atom is 0.221 e. The first-order valence-corrected chi connectivity index (χ1v) is 6.53. The first-order chi connectivity index (χ1) is 9.52. The molecule has 0 spiro atoms. The second-order valence-corrected chi connectivity index (χ2v) is 5.12. The summed E-state index contributed by atoms with van der Waals surface area (Å²) in [6, 6.07) is 5.96. The summed E-state index contributed by atoms with van der Waals surface area (Å²) in [5.41, 5.74) is 0.315. The Labute approximate surface area is 127 Å². The standard InChI is InChI=1S/C13H4Cl3FNO2/c14-8-7-11(5-3-1-2-4-6(5)17)18-20-13(7)10(16)12(19)9(8)15/h1-4H. The van der Waals surface area contributed by atoms with Crippen molar-refractivity contribution >= 4 is 45.8 Å². The second-order valence-electron chi connectivity index (χ2n) is 3.99. The maximum atomic E-state index is 13.8. The van der Waals surface area contributed by atoms with E-state index in [1.807, 2.05) is 0 Å². The molecule has 1 radical (unpaired) electrons. The number of benzene rings is 2. The lowest BCUT2D eigenvalue weighted by Gasteiger charge is -2.03. The number of rotatable bonds is 1. The van der Waals surface area contributed by atoms with E-state index in [2.05, 4.69) is 5.16 Å². The number of halogens is 4. The summed E-state index contributed by atoms with van der Waals surface area (Å²) in [5, 5.41) is 15.1. The highest BCUT2D eigenvalue weighted by Crippen LogP contribution is 2.47. The first-order valence-electron chi connectivity index (χ1n) is 5.40. The van der Waals surface area contributed by atoms with E-state index < -0.39 is 11.6 Å². The Kier molecular flexibility index (Phi) is 3.24. The fraction of sp³-hybridized carbons (Fsp3) is 0. The van der Waals surface area contributed by atoms with Crippen LogP contribution in [0.15, 0.2) is 28.8 Å². The minimum absolute atomic E-state index is 0.00989. The Morgan fingerprint density at radius 2 is 1.75 bits per heavy atom. The lowest BCUT2D eigenvalue weighted by Crippen LogP contribution is -1.85. The van der Waals surface area contributed by atoms with Gasteiger partial charge in [0.25, 0.3) is 0 Å². The number of hydrogen-bond donors (Lipinski definition) is 0. The monoisotopic (exact) mass is 330 g/mol. The van der Waals surface area contributed by atoms with Crippen LogP contribution in [0.4, 0.5) is 4.39 Å². The van der Waals surface area contributed by atoms with E-state index in [4.69, 9.17) is 39.3 Å². The predicted molar refractivity (Wildman–Crippen MR) is 74.6 cm³/mol. The van der Waals surface area contributed by atoms with E-state index in [1.54, 1.807) is 12.1 Å². The molecule has 3 aromatic rings. The number of hydrogen-bond acceptors (Lipinski definition) is 2. The van der Waals surface area contributed by atoms with Crippen molar-refractivity contribution in [2.75, 3.05) is 0 Å². The van der Waals surface area contributed by atoms with Gasteiger partial charge in [0.2, 0.25) is 5.75 Å². The van der Waals surface area contributed by atoms with Gasteiger partial charge in [-0.15, -0.1) is 0 Å². The lowest BCUT2D eigenvalue weighted by atomic mass is 10.1. The lowest BCUT2D eigenvalue weighted by molar-refractivity contribution is 0.354. The van der Waals surface area contributed by atoms with Gasteiger partial charge in [-0.05, 0) is 12.1 Å². The average Bonchev–Trinajstić information content (AvgIpc) is 2.88. The molecule has 0 aliphatic carbocycles. The number of fused-ring (bicyclic) bond motifs is 1. The van der Waals surface area contributed by atoms with Gasteiger partial charge in [-0.1, -0.05) is 52.1 Å². The zero-order valence-electron chi connectivity index (χ0n) is 9.58. The minimum Gasteiger partial charge on any atom is -0.354 e. The highest BCUT2D eigenvalue weighted by atomic mass is 35.5. The van der Waals surface area contributed by atoms with Crippen molar-refractivity contribution in [3.8, 4) is 17.0 Å². The summed E-state index contributed by atoms with van der Waals surface area (Å²) in [4.78, 5) is 0. The largest absolute Gasteiger partial charge is 0.354 e. The van der Waals surface area contributed by atoms with E-state index in [0.717, 1.165) is 0 Å². The molecule has 0 saturated carbocycles. The number of nitrogens with zero attached hydrogens (tertiary/aromatic N) is 1. The molecule has 0 atom stereocenters. The van der Waals surface area contributed by atoms with Crippen LogP contribution in [0, 0.1) is 5.82 Å². The molecule has 0 aliphatic rings. The fourth-order valence-electron chi connectivity index (χ4n) is 1.89. The van der Waals surface area contributed by atoms with Crippen LogP contribution < -0.4 is 0 Å². The molecule has 0 aliphatic heterocycles. The van der Waals surface area contributed by atoms with Crippen LogP contribution in [-0.2, 0) is 5.11 Å². The van der Waals surface area contributed by atoms with Gasteiger partial charge in [-0.3, -0.25) is 5.11 Å². The van der Waals surface area contributed by atoms with Gasteiger partial charge < -0.3 is 4.52 Å². The summed E-state index contributed by atoms with van der Waals surface area (Å²) in [6.07, 6.45) is 0. The van der Waals surface area contributed by atoms with E-state index in [9.17, 15) is 9.50 Å². The molecular formula is C13H4Cl3FNO2. The topological polar surface area (TPSA) is 45.9 Å². The third-order valence-corrected chi connectivity index (χ3v) is 4.01. The van der Waals surface area contributed by atoms with E-state index in [0.29, 0.717) is 0 Å². The van der Waals surface area contributed by atoms with Gasteiger partial charge in [0.15, 0.2) is 5.58 Å². The summed E-state index contributed by atoms with van der Waals surface area (Å²) < 4.78 is 18.9. The van der Waals surface area contributed by atoms with E-state index in [-0.39, 0.29) is 37.3 Å². The van der Waals surface area contributed by atoms with Crippen molar-refractivity contribution in [1.29, 1.82) is 0 Å². The Bertz CT molecular complexity index is 832. The molecule has 0 amide bonds. The molecule has 20 heavy (non-hydrogen) atoms. The van der Waals surface area contributed by atoms with Crippen LogP contribution in [0.1, 0.15) is 0 Å². The van der Waals surface area contributed by atoms with Crippen LogP contribution in [0.3, 0.4) is 0 Å². The maximum absolute atomic E-state index is 13.8. The zero-order chi connectivity index (χ0) is 14.4. The SMILES string of the molecule is [O]c1c(Cl)c(Cl)c2c(-c3ccccc3F)noc2c1Cl. The quantitative estimate of drug-likeness (QED) is 0.534. The third-order valence-electron chi connectivity index (χ3n) is 2.83. The average molecular weight is 332 g/mol. The van der Waals surface area contributed by atoms with Crippen LogP contribution in [0.5, 0.6) is 5.75 Å². The van der Waals surface area contributed by atoms with Crippen LogP contribution in [0.25, 0.3) is 22.2 Å². The Morgan fingerprint density at radius 3 is 2.45 bits per heavy atom. The van der Waals surface area contributed by atoms with Crippen LogP contribution >= 0.6 is 34.8 Å². The van der Waals surface area contributed by atoms with Gasteiger partial charge in [0.05, 0.1) is 10.4 Å². The van der Waals surface area contributed by atoms with E-state index >= 15 is 0 Å². The molecule has 101 valence electrons. The molecule has 1 heterocycles. The summed E-state index contributed by atoms with van der Waals surface area (Å²) in [5.74, 6) is -1.15. The van der Waals surface area contributed by atoms with E-state index in [1.165, 1.54) is 12.1 Å². The molecule has 0 N–H and O–H groups in total. The normalized spacial score (nSPS) is 11.2. The van der Waals surface area contributed by atoms with Gasteiger partial charge in [-0.25, -0.2) is 4.39 Å². The highest BCUT2D eigenvalue weighted by molar-refractivity contribution is 6.49. The van der Waals surface area contributed by atoms with Crippen molar-refractivity contribution in [2.45, 2.75) is 0 Å². The molecule has 3 nitrogen and oxygen atoms in total. The summed E-state index contributed by atoms with van der Waals surface area (Å²) >= 11 is 17.7.